The lowest BCUT2D eigenvalue weighted by atomic mass is 10.2. The van der Waals surface area contributed by atoms with Crippen molar-refractivity contribution in [3.8, 4) is 5.75 Å². The highest BCUT2D eigenvalue weighted by Crippen LogP contribution is 2.33. The van der Waals surface area contributed by atoms with Crippen LogP contribution in [-0.2, 0) is 4.79 Å². The molecule has 1 aliphatic heterocycles. The molecule has 0 radical (unpaired) electrons. The molecule has 0 aromatic heterocycles. The number of hydrogen-bond acceptors (Lipinski definition) is 7. The Morgan fingerprint density at radius 3 is 2.56 bits per heavy atom. The van der Waals surface area contributed by atoms with Gasteiger partial charge in [-0.2, -0.15) is 0 Å². The van der Waals surface area contributed by atoms with Gasteiger partial charge >= 0.3 is 0 Å². The van der Waals surface area contributed by atoms with Crippen LogP contribution in [0.2, 0.25) is 0 Å². The summed E-state index contributed by atoms with van der Waals surface area (Å²) in [5.41, 5.74) is 0.987. The first-order valence-electron chi connectivity index (χ1n) is 7.28. The third kappa shape index (κ3) is 3.57. The van der Waals surface area contributed by atoms with Crippen molar-refractivity contribution in [1.82, 2.24) is 0 Å². The van der Waals surface area contributed by atoms with Crippen molar-refractivity contribution in [3.63, 3.8) is 0 Å². The molecule has 1 fully saturated rings. The number of nitrogens with one attached hydrogen (secondary N) is 1. The van der Waals surface area contributed by atoms with E-state index >= 15 is 0 Å². The van der Waals surface area contributed by atoms with E-state index in [0.29, 0.717) is 22.2 Å². The quantitative estimate of drug-likeness (QED) is 0.359. The van der Waals surface area contributed by atoms with Gasteiger partial charge in [0, 0.05) is 18.7 Å². The summed E-state index contributed by atoms with van der Waals surface area (Å²) in [5.74, 6) is -0.0977. The lowest BCUT2D eigenvalue weighted by molar-refractivity contribution is -0.384. The number of amides is 1. The van der Waals surface area contributed by atoms with Crippen molar-refractivity contribution in [1.29, 1.82) is 0 Å². The standard InChI is InChI=1S/C16H13N3O4S2/c20-13-4-2-1-3-12(13)17-9-14-15(21)18(16(24)25-14)10-5-7-11(8-6-10)19(22)23/h1-8,14,17,20H,9H2. The Bertz CT molecular complexity index is 842. The fraction of sp³-hybridized carbons (Fsp3) is 0.125. The van der Waals surface area contributed by atoms with E-state index in [1.54, 1.807) is 24.3 Å². The van der Waals surface area contributed by atoms with Crippen molar-refractivity contribution in [2.45, 2.75) is 5.25 Å². The predicted octanol–water partition coefficient (Wildman–Crippen LogP) is 3.15. The molecule has 0 spiro atoms. The second-order valence-corrected chi connectivity index (χ2v) is 7.05. The first-order valence-corrected chi connectivity index (χ1v) is 8.57. The predicted molar refractivity (Wildman–Crippen MR) is 101 cm³/mol. The zero-order chi connectivity index (χ0) is 18.0. The summed E-state index contributed by atoms with van der Waals surface area (Å²) in [6, 6.07) is 12.4. The summed E-state index contributed by atoms with van der Waals surface area (Å²) in [6.45, 7) is 0.296. The van der Waals surface area contributed by atoms with Gasteiger partial charge in [-0.1, -0.05) is 36.1 Å². The van der Waals surface area contributed by atoms with Gasteiger partial charge in [0.25, 0.3) is 5.69 Å². The number of hydrogen-bond donors (Lipinski definition) is 2. The number of non-ortho nitro benzene ring substituents is 1. The van der Waals surface area contributed by atoms with Gasteiger partial charge in [0.15, 0.2) is 0 Å². The first kappa shape index (κ1) is 17.2. The fourth-order valence-corrected chi connectivity index (χ4v) is 3.83. The van der Waals surface area contributed by atoms with Crippen molar-refractivity contribution in [3.05, 3.63) is 58.6 Å². The summed E-state index contributed by atoms with van der Waals surface area (Å²) < 4.78 is 0.392. The van der Waals surface area contributed by atoms with Crippen LogP contribution in [0.15, 0.2) is 48.5 Å². The lowest BCUT2D eigenvalue weighted by Gasteiger charge is -2.16. The average molecular weight is 375 g/mol. The number of carbonyl (C=O) groups excluding carboxylic acids is 1. The maximum Gasteiger partial charge on any atom is 0.269 e. The zero-order valence-corrected chi connectivity index (χ0v) is 14.4. The molecule has 1 aliphatic rings. The highest BCUT2D eigenvalue weighted by Gasteiger charge is 2.37. The molecule has 7 nitrogen and oxygen atoms in total. The Labute approximate surface area is 152 Å². The van der Waals surface area contributed by atoms with Crippen LogP contribution < -0.4 is 10.2 Å². The topological polar surface area (TPSA) is 95.7 Å². The molecule has 3 rings (SSSR count). The number of phenolic OH excluding ortho intramolecular Hbond substituents is 1. The van der Waals surface area contributed by atoms with E-state index in [4.69, 9.17) is 12.2 Å². The normalized spacial score (nSPS) is 17.0. The molecule has 2 aromatic rings. The van der Waals surface area contributed by atoms with E-state index in [0.717, 1.165) is 0 Å². The van der Waals surface area contributed by atoms with Gasteiger partial charge in [0.1, 0.15) is 15.3 Å². The summed E-state index contributed by atoms with van der Waals surface area (Å²) in [4.78, 5) is 24.2. The first-order chi connectivity index (χ1) is 12.0. The van der Waals surface area contributed by atoms with Crippen LogP contribution in [0, 0.1) is 10.1 Å². The Morgan fingerprint density at radius 1 is 1.24 bits per heavy atom. The van der Waals surface area contributed by atoms with Gasteiger partial charge in [-0.3, -0.25) is 19.8 Å². The molecule has 2 aromatic carbocycles. The average Bonchev–Trinajstić information content (AvgIpc) is 2.88. The van der Waals surface area contributed by atoms with Crippen LogP contribution >= 0.6 is 24.0 Å². The number of thiocarbonyl (C=S) groups is 1. The third-order valence-electron chi connectivity index (χ3n) is 3.62. The smallest absolute Gasteiger partial charge is 0.269 e. The van der Waals surface area contributed by atoms with Gasteiger partial charge in [-0.05, 0) is 24.3 Å². The van der Waals surface area contributed by atoms with Crippen LogP contribution in [0.5, 0.6) is 5.75 Å². The van der Waals surface area contributed by atoms with Gasteiger partial charge < -0.3 is 10.4 Å². The maximum atomic E-state index is 12.6. The Morgan fingerprint density at radius 2 is 1.92 bits per heavy atom. The number of aromatic hydroxyl groups is 1. The number of carbonyl (C=O) groups is 1. The van der Waals surface area contributed by atoms with Crippen molar-refractivity contribution in [2.24, 2.45) is 0 Å². The number of nitro benzene ring substituents is 1. The molecule has 0 saturated carbocycles. The minimum Gasteiger partial charge on any atom is -0.506 e. The Kier molecular flexibility index (Phi) is 4.86. The van der Waals surface area contributed by atoms with Gasteiger partial charge in [-0.15, -0.1) is 0 Å². The number of nitrogens with zero attached hydrogens (tertiary/aromatic N) is 2. The highest BCUT2D eigenvalue weighted by molar-refractivity contribution is 8.25. The number of benzene rings is 2. The Hall–Kier alpha value is -2.65. The van der Waals surface area contributed by atoms with E-state index < -0.39 is 10.2 Å². The summed E-state index contributed by atoms with van der Waals surface area (Å²) in [5, 5.41) is 23.1. The van der Waals surface area contributed by atoms with E-state index in [1.165, 1.54) is 40.9 Å². The SMILES string of the molecule is O=C1C(CNc2ccccc2O)SC(=S)N1c1ccc([N+](=O)[O-])cc1. The number of anilines is 2. The largest absolute Gasteiger partial charge is 0.506 e. The molecular formula is C16H13N3O4S2. The van der Waals surface area contributed by atoms with Gasteiger partial charge in [-0.25, -0.2) is 0 Å². The molecular weight excluding hydrogens is 362 g/mol. The molecule has 1 amide bonds. The van der Waals surface area contributed by atoms with E-state index in [2.05, 4.69) is 5.32 Å². The third-order valence-corrected chi connectivity index (χ3v) is 5.13. The minimum absolute atomic E-state index is 0.0493. The summed E-state index contributed by atoms with van der Waals surface area (Å²) in [6.07, 6.45) is 0. The van der Waals surface area contributed by atoms with Gasteiger partial charge in [0.2, 0.25) is 5.91 Å². The number of phenols is 1. The molecule has 9 heteroatoms. The summed E-state index contributed by atoms with van der Waals surface area (Å²) in [7, 11) is 0. The van der Waals surface area contributed by atoms with E-state index in [1.807, 2.05) is 0 Å². The van der Waals surface area contributed by atoms with E-state index in [-0.39, 0.29) is 17.3 Å². The molecule has 128 valence electrons. The van der Waals surface area contributed by atoms with Crippen LogP contribution in [0.1, 0.15) is 0 Å². The molecule has 1 atom stereocenters. The molecule has 0 bridgehead atoms. The molecule has 2 N–H and O–H groups in total. The minimum atomic E-state index is -0.498. The fourth-order valence-electron chi connectivity index (χ4n) is 2.37. The molecule has 1 heterocycles. The lowest BCUT2D eigenvalue weighted by Crippen LogP contribution is -2.33. The van der Waals surface area contributed by atoms with Crippen molar-refractivity contribution in [2.75, 3.05) is 16.8 Å². The second kappa shape index (κ2) is 7.08. The van der Waals surface area contributed by atoms with Crippen molar-refractivity contribution < 1.29 is 14.8 Å². The summed E-state index contributed by atoms with van der Waals surface area (Å²) >= 11 is 6.52. The highest BCUT2D eigenvalue weighted by atomic mass is 32.2. The Balaban J connectivity index is 1.71. The van der Waals surface area contributed by atoms with Crippen LogP contribution in [0.3, 0.4) is 0 Å². The van der Waals surface area contributed by atoms with Crippen LogP contribution in [0.25, 0.3) is 0 Å². The van der Waals surface area contributed by atoms with Crippen molar-refractivity contribution >= 4 is 51.3 Å². The van der Waals surface area contributed by atoms with Crippen LogP contribution in [0.4, 0.5) is 17.1 Å². The number of nitro groups is 1. The molecule has 0 aliphatic carbocycles. The maximum absolute atomic E-state index is 12.6. The van der Waals surface area contributed by atoms with Gasteiger partial charge in [0.05, 0.1) is 16.3 Å². The number of para-hydroxylation sites is 2. The molecule has 1 unspecified atom stereocenters. The zero-order valence-electron chi connectivity index (χ0n) is 12.8. The van der Waals surface area contributed by atoms with Crippen LogP contribution in [-0.4, -0.2) is 32.1 Å². The second-order valence-electron chi connectivity index (χ2n) is 5.22. The number of thioether (sulfide) groups is 1. The number of rotatable bonds is 5. The monoisotopic (exact) mass is 375 g/mol. The molecule has 25 heavy (non-hydrogen) atoms. The molecule has 1 saturated heterocycles. The van der Waals surface area contributed by atoms with E-state index in [9.17, 15) is 20.0 Å².